The summed E-state index contributed by atoms with van der Waals surface area (Å²) in [6, 6.07) is 18.3. The number of rotatable bonds is 9. The Morgan fingerprint density at radius 1 is 0.972 bits per heavy atom. The maximum Gasteiger partial charge on any atom is 0.327 e. The van der Waals surface area contributed by atoms with Crippen molar-refractivity contribution < 1.29 is 9.59 Å². The van der Waals surface area contributed by atoms with Crippen LogP contribution in [-0.4, -0.2) is 88.9 Å². The Balaban J connectivity index is 1.30. The lowest BCUT2D eigenvalue weighted by Gasteiger charge is -2.42. The number of aromatic nitrogens is 1. The van der Waals surface area contributed by atoms with Gasteiger partial charge in [-0.3, -0.25) is 14.6 Å². The van der Waals surface area contributed by atoms with Crippen LogP contribution in [-0.2, 0) is 17.8 Å². The highest BCUT2D eigenvalue weighted by atomic mass is 32.1. The van der Waals surface area contributed by atoms with Gasteiger partial charge in [0.1, 0.15) is 10.5 Å². The van der Waals surface area contributed by atoms with Crippen LogP contribution in [0, 0.1) is 0 Å². The third kappa shape index (κ3) is 5.03. The summed E-state index contributed by atoms with van der Waals surface area (Å²) in [5.41, 5.74) is 1.50. The summed E-state index contributed by atoms with van der Waals surface area (Å²) in [5.74, 6) is -0.000968. The van der Waals surface area contributed by atoms with Crippen molar-refractivity contribution in [3.8, 4) is 0 Å². The molecule has 0 N–H and O–H groups in total. The van der Waals surface area contributed by atoms with Crippen molar-refractivity contribution in [2.45, 2.75) is 37.8 Å². The lowest BCUT2D eigenvalue weighted by atomic mass is 9.85. The minimum absolute atomic E-state index is 0.000968. The van der Waals surface area contributed by atoms with Gasteiger partial charge in [-0.2, -0.15) is 0 Å². The number of likely N-dealkylation sites (tertiary alicyclic amines) is 1. The molecule has 190 valence electrons. The molecule has 0 saturated carbocycles. The van der Waals surface area contributed by atoms with E-state index in [2.05, 4.69) is 34.1 Å². The summed E-state index contributed by atoms with van der Waals surface area (Å²) in [6.45, 7) is 4.24. The normalized spacial score (nSPS) is 18.3. The molecule has 1 spiro atoms. The molecule has 2 aliphatic heterocycles. The van der Waals surface area contributed by atoms with E-state index in [1.54, 1.807) is 11.3 Å². The summed E-state index contributed by atoms with van der Waals surface area (Å²) in [4.78, 5) is 40.0. The molecular weight excluding hydrogens is 470 g/mol. The second-order valence-electron chi connectivity index (χ2n) is 10.2. The van der Waals surface area contributed by atoms with E-state index in [-0.39, 0.29) is 11.9 Å². The molecule has 3 amide bonds. The zero-order valence-corrected chi connectivity index (χ0v) is 22.0. The van der Waals surface area contributed by atoms with Crippen LogP contribution in [0.25, 0.3) is 10.2 Å². The molecule has 3 aromatic rings. The van der Waals surface area contributed by atoms with E-state index < -0.39 is 5.54 Å². The topological polar surface area (TPSA) is 60.0 Å². The van der Waals surface area contributed by atoms with Gasteiger partial charge in [-0.15, -0.1) is 11.3 Å². The van der Waals surface area contributed by atoms with E-state index in [1.807, 2.05) is 49.3 Å². The fraction of sp³-hybridized carbons (Fsp3) is 0.464. The number of hydrogen-bond acceptors (Lipinski definition) is 6. The molecule has 3 heterocycles. The van der Waals surface area contributed by atoms with Gasteiger partial charge in [0.25, 0.3) is 5.91 Å². The first-order valence-electron chi connectivity index (χ1n) is 12.9. The Morgan fingerprint density at radius 3 is 2.42 bits per heavy atom. The Morgan fingerprint density at radius 2 is 1.69 bits per heavy atom. The predicted octanol–water partition coefficient (Wildman–Crippen LogP) is 4.09. The fourth-order valence-corrected chi connectivity index (χ4v) is 6.47. The lowest BCUT2D eigenvalue weighted by molar-refractivity contribution is -0.135. The third-order valence-corrected chi connectivity index (χ3v) is 8.48. The van der Waals surface area contributed by atoms with Crippen LogP contribution >= 0.6 is 11.3 Å². The number of para-hydroxylation sites is 1. The van der Waals surface area contributed by atoms with Gasteiger partial charge in [0.05, 0.1) is 16.8 Å². The number of benzene rings is 2. The monoisotopic (exact) mass is 505 g/mol. The maximum atomic E-state index is 13.8. The number of carbonyl (C=O) groups excluding carboxylic acids is 2. The summed E-state index contributed by atoms with van der Waals surface area (Å²) in [7, 11) is 4.03. The summed E-state index contributed by atoms with van der Waals surface area (Å²) in [5, 5.41) is 1.10. The molecular formula is C28H35N5O2S. The standard InChI is InChI=1S/C28H35N5O2S/c1-30(2)16-8-17-32-26(34)28(33(27(32)35)18-13-22-9-4-3-5-10-22)14-19-31(20-15-28)21-25-29-23-11-6-7-12-24(23)36-25/h3-7,9-12H,8,13-21H2,1-2H3. The van der Waals surface area contributed by atoms with E-state index in [9.17, 15) is 9.59 Å². The number of urea groups is 1. The largest absolute Gasteiger partial charge is 0.327 e. The Hall–Kier alpha value is -2.81. The zero-order chi connectivity index (χ0) is 25.1. The highest BCUT2D eigenvalue weighted by molar-refractivity contribution is 7.18. The first-order chi connectivity index (χ1) is 17.5. The van der Waals surface area contributed by atoms with Gasteiger partial charge in [0.15, 0.2) is 0 Å². The highest BCUT2D eigenvalue weighted by Crippen LogP contribution is 2.38. The van der Waals surface area contributed by atoms with Crippen molar-refractivity contribution in [3.05, 3.63) is 65.2 Å². The van der Waals surface area contributed by atoms with Crippen molar-refractivity contribution in [3.63, 3.8) is 0 Å². The predicted molar refractivity (Wildman–Crippen MR) is 144 cm³/mol. The molecule has 0 aliphatic carbocycles. The van der Waals surface area contributed by atoms with E-state index in [0.29, 0.717) is 25.9 Å². The average molecular weight is 506 g/mol. The molecule has 36 heavy (non-hydrogen) atoms. The molecule has 7 nitrogen and oxygen atoms in total. The first kappa shape index (κ1) is 24.9. The van der Waals surface area contributed by atoms with Gasteiger partial charge in [-0.05, 0) is 64.0 Å². The number of hydrogen-bond donors (Lipinski definition) is 0. The van der Waals surface area contributed by atoms with Crippen LogP contribution in [0.3, 0.4) is 0 Å². The van der Waals surface area contributed by atoms with Crippen LogP contribution in [0.1, 0.15) is 29.8 Å². The molecule has 8 heteroatoms. The molecule has 2 saturated heterocycles. The first-order valence-corrected chi connectivity index (χ1v) is 13.7. The third-order valence-electron chi connectivity index (χ3n) is 7.46. The minimum Gasteiger partial charge on any atom is -0.309 e. The van der Waals surface area contributed by atoms with Gasteiger partial charge < -0.3 is 9.80 Å². The van der Waals surface area contributed by atoms with Crippen LogP contribution in [0.5, 0.6) is 0 Å². The number of fused-ring (bicyclic) bond motifs is 1. The SMILES string of the molecule is CN(C)CCCN1C(=O)N(CCc2ccccc2)C2(CCN(Cc3nc4ccccc4s3)CC2)C1=O. The molecule has 0 bridgehead atoms. The van der Waals surface area contributed by atoms with E-state index in [1.165, 1.54) is 15.2 Å². The van der Waals surface area contributed by atoms with E-state index in [0.717, 1.165) is 49.5 Å². The molecule has 1 aromatic heterocycles. The van der Waals surface area contributed by atoms with Crippen molar-refractivity contribution in [1.29, 1.82) is 0 Å². The number of amides is 3. The van der Waals surface area contributed by atoms with E-state index in [4.69, 9.17) is 4.98 Å². The van der Waals surface area contributed by atoms with Gasteiger partial charge in [0.2, 0.25) is 0 Å². The van der Waals surface area contributed by atoms with Gasteiger partial charge in [0, 0.05) is 26.2 Å². The van der Waals surface area contributed by atoms with Crippen molar-refractivity contribution in [2.24, 2.45) is 0 Å². The van der Waals surface area contributed by atoms with E-state index >= 15 is 0 Å². The van der Waals surface area contributed by atoms with Crippen LogP contribution < -0.4 is 0 Å². The Kier molecular flexibility index (Phi) is 7.37. The molecule has 2 aromatic carbocycles. The highest BCUT2D eigenvalue weighted by Gasteiger charge is 2.57. The van der Waals surface area contributed by atoms with Crippen LogP contribution in [0.15, 0.2) is 54.6 Å². The van der Waals surface area contributed by atoms with Crippen LogP contribution in [0.2, 0.25) is 0 Å². The van der Waals surface area contributed by atoms with Crippen molar-refractivity contribution >= 4 is 33.5 Å². The number of imide groups is 1. The molecule has 0 atom stereocenters. The fourth-order valence-electron chi connectivity index (χ4n) is 5.46. The van der Waals surface area contributed by atoms with Gasteiger partial charge >= 0.3 is 6.03 Å². The summed E-state index contributed by atoms with van der Waals surface area (Å²) >= 11 is 1.74. The molecule has 0 unspecified atom stereocenters. The Labute approximate surface area is 217 Å². The number of nitrogens with zero attached hydrogens (tertiary/aromatic N) is 5. The smallest absolute Gasteiger partial charge is 0.309 e. The molecule has 0 radical (unpaired) electrons. The Bertz CT molecular complexity index is 1170. The number of piperidine rings is 1. The maximum absolute atomic E-state index is 13.8. The number of thiazole rings is 1. The van der Waals surface area contributed by atoms with Crippen molar-refractivity contribution in [1.82, 2.24) is 24.6 Å². The van der Waals surface area contributed by atoms with Gasteiger partial charge in [-0.25, -0.2) is 9.78 Å². The zero-order valence-electron chi connectivity index (χ0n) is 21.2. The van der Waals surface area contributed by atoms with Gasteiger partial charge in [-0.1, -0.05) is 42.5 Å². The molecule has 2 aliphatic rings. The summed E-state index contributed by atoms with van der Waals surface area (Å²) < 4.78 is 1.21. The second kappa shape index (κ2) is 10.7. The lowest BCUT2D eigenvalue weighted by Crippen LogP contribution is -2.56. The molecule has 2 fully saturated rings. The quantitative estimate of drug-likeness (QED) is 0.410. The van der Waals surface area contributed by atoms with Crippen LogP contribution in [0.4, 0.5) is 4.79 Å². The minimum atomic E-state index is -0.728. The second-order valence-corrected chi connectivity index (χ2v) is 11.3. The number of carbonyl (C=O) groups is 2. The summed E-state index contributed by atoms with van der Waals surface area (Å²) in [6.07, 6.45) is 2.88. The average Bonchev–Trinajstić information content (AvgIpc) is 3.37. The van der Waals surface area contributed by atoms with Crippen molar-refractivity contribution in [2.75, 3.05) is 46.8 Å². The molecule has 5 rings (SSSR count).